The van der Waals surface area contributed by atoms with E-state index in [-0.39, 0.29) is 6.61 Å². The van der Waals surface area contributed by atoms with Gasteiger partial charge in [0.1, 0.15) is 18.3 Å². The third kappa shape index (κ3) is 1.60. The van der Waals surface area contributed by atoms with E-state index in [9.17, 15) is 10.2 Å². The van der Waals surface area contributed by atoms with Gasteiger partial charge in [-0.15, -0.1) is 0 Å². The zero-order chi connectivity index (χ0) is 16.6. The van der Waals surface area contributed by atoms with E-state index in [1.807, 2.05) is 12.1 Å². The summed E-state index contributed by atoms with van der Waals surface area (Å²) in [6.45, 7) is 3.52. The topological polar surface area (TPSA) is 56.2 Å². The van der Waals surface area contributed by atoms with Gasteiger partial charge in [0.25, 0.3) is 0 Å². The number of aliphatic hydroxyl groups is 1. The Bertz CT molecular complexity index is 868. The number of piperidine rings is 3. The minimum absolute atomic E-state index is 0.274. The second-order valence-electron chi connectivity index (χ2n) is 8.09. The fourth-order valence-electron chi connectivity index (χ4n) is 6.05. The lowest BCUT2D eigenvalue weighted by molar-refractivity contribution is -0.978. The third-order valence-corrected chi connectivity index (χ3v) is 7.21. The first kappa shape index (κ1) is 14.6. The summed E-state index contributed by atoms with van der Waals surface area (Å²) in [5, 5.41) is 21.2. The molecule has 1 aromatic heterocycles. The van der Waals surface area contributed by atoms with E-state index >= 15 is 0 Å². The van der Waals surface area contributed by atoms with Crippen LogP contribution in [0.5, 0.6) is 5.75 Å². The average molecular weight is 325 g/mol. The lowest BCUT2D eigenvalue weighted by Crippen LogP contribution is -2.70. The molecule has 0 amide bonds. The van der Waals surface area contributed by atoms with E-state index in [2.05, 4.69) is 25.0 Å². The maximum atomic E-state index is 10.1. The van der Waals surface area contributed by atoms with E-state index in [4.69, 9.17) is 0 Å². The Hall–Kier alpha value is -1.78. The maximum absolute atomic E-state index is 10.1. The molecule has 5 heterocycles. The number of likely N-dealkylation sites (N-methyl/N-ethyl adjacent to an activating group) is 1. The number of allylic oxidation sites excluding steroid dienone is 1. The summed E-state index contributed by atoms with van der Waals surface area (Å²) in [7, 11) is 2.38. The van der Waals surface area contributed by atoms with Gasteiger partial charge in [-0.1, -0.05) is 6.08 Å². The zero-order valence-electron chi connectivity index (χ0n) is 14.3. The third-order valence-electron chi connectivity index (χ3n) is 7.21. The van der Waals surface area contributed by atoms with Crippen LogP contribution in [-0.4, -0.2) is 45.9 Å². The van der Waals surface area contributed by atoms with Gasteiger partial charge < -0.3 is 19.7 Å². The molecular weight excluding hydrogens is 300 g/mol. The number of aromatic hydroxyl groups is 1. The van der Waals surface area contributed by atoms with Gasteiger partial charge in [-0.25, -0.2) is 0 Å². The number of hydrogen-bond acceptors (Lipinski definition) is 2. The van der Waals surface area contributed by atoms with Crippen molar-refractivity contribution in [3.63, 3.8) is 0 Å². The standard InChI is InChI=1S/C20H24N2O2/c1-3-11-9-22(2)18-8-15-14-6-12(24)4-5-17(14)21-20(15)19(22)7-13(11)16(18)10-23/h3-6,13,16,18-19,21,23H,7-10H2,1-2H3/p+1/b11-3-. The van der Waals surface area contributed by atoms with Crippen LogP contribution in [0.4, 0.5) is 0 Å². The minimum atomic E-state index is 0.274. The van der Waals surface area contributed by atoms with Gasteiger partial charge in [0.05, 0.1) is 25.4 Å². The Morgan fingerprint density at radius 1 is 1.38 bits per heavy atom. The molecule has 3 N–H and O–H groups in total. The number of nitrogens with zero attached hydrogens (tertiary/aromatic N) is 1. The molecule has 0 saturated carbocycles. The Balaban J connectivity index is 1.73. The van der Waals surface area contributed by atoms with Crippen molar-refractivity contribution >= 4 is 10.9 Å². The highest BCUT2D eigenvalue weighted by Gasteiger charge is 2.61. The highest BCUT2D eigenvalue weighted by atomic mass is 16.3. The monoisotopic (exact) mass is 325 g/mol. The first-order chi connectivity index (χ1) is 11.6. The summed E-state index contributed by atoms with van der Waals surface area (Å²) < 4.78 is 1.02. The molecule has 5 unspecified atom stereocenters. The Kier molecular flexibility index (Phi) is 2.82. The van der Waals surface area contributed by atoms with Crippen LogP contribution in [0.15, 0.2) is 29.8 Å². The summed E-state index contributed by atoms with van der Waals surface area (Å²) in [6, 6.07) is 6.58. The molecule has 3 saturated heterocycles. The molecular formula is C20H25N2O2+. The molecule has 2 aromatic rings. The number of hydrogen-bond donors (Lipinski definition) is 3. The Morgan fingerprint density at radius 2 is 2.21 bits per heavy atom. The number of aromatic nitrogens is 1. The van der Waals surface area contributed by atoms with Crippen LogP contribution in [0.2, 0.25) is 0 Å². The summed E-state index contributed by atoms with van der Waals surface area (Å²) in [4.78, 5) is 3.67. The van der Waals surface area contributed by atoms with Crippen molar-refractivity contribution < 1.29 is 14.7 Å². The molecule has 6 rings (SSSR count). The van der Waals surface area contributed by atoms with Crippen LogP contribution in [-0.2, 0) is 6.42 Å². The van der Waals surface area contributed by atoms with Gasteiger partial charge >= 0.3 is 0 Å². The number of aliphatic hydroxyl groups excluding tert-OH is 1. The second kappa shape index (κ2) is 4.64. The van der Waals surface area contributed by atoms with E-state index in [1.165, 1.54) is 16.8 Å². The molecule has 4 aliphatic rings. The van der Waals surface area contributed by atoms with Gasteiger partial charge in [0.15, 0.2) is 0 Å². The van der Waals surface area contributed by atoms with Gasteiger partial charge in [0, 0.05) is 35.6 Å². The van der Waals surface area contributed by atoms with Crippen LogP contribution in [0, 0.1) is 11.8 Å². The van der Waals surface area contributed by atoms with Gasteiger partial charge in [-0.05, 0) is 36.3 Å². The number of phenolic OH excluding ortho intramolecular Hbond substituents is 1. The van der Waals surface area contributed by atoms with E-state index in [0.29, 0.717) is 29.7 Å². The van der Waals surface area contributed by atoms with E-state index < -0.39 is 0 Å². The number of nitrogens with one attached hydrogen (secondary N) is 1. The Morgan fingerprint density at radius 3 is 2.96 bits per heavy atom. The fraction of sp³-hybridized carbons (Fsp3) is 0.500. The minimum Gasteiger partial charge on any atom is -0.508 e. The number of fused-ring (bicyclic) bond motifs is 4. The average Bonchev–Trinajstić information content (AvgIpc) is 2.91. The number of quaternary nitrogens is 1. The quantitative estimate of drug-likeness (QED) is 0.558. The number of H-pyrrole nitrogens is 1. The maximum Gasteiger partial charge on any atom is 0.131 e. The molecule has 126 valence electrons. The van der Waals surface area contributed by atoms with E-state index in [0.717, 1.165) is 34.8 Å². The van der Waals surface area contributed by atoms with E-state index in [1.54, 1.807) is 6.07 Å². The van der Waals surface area contributed by atoms with Crippen molar-refractivity contribution in [1.29, 1.82) is 0 Å². The van der Waals surface area contributed by atoms with Crippen molar-refractivity contribution in [2.45, 2.75) is 31.8 Å². The summed E-state index contributed by atoms with van der Waals surface area (Å²) in [5.74, 6) is 1.20. The number of rotatable bonds is 1. The first-order valence-corrected chi connectivity index (χ1v) is 9.01. The predicted octanol–water partition coefficient (Wildman–Crippen LogP) is 2.87. The lowest BCUT2D eigenvalue weighted by atomic mass is 9.62. The van der Waals surface area contributed by atoms with Crippen molar-refractivity contribution in [2.24, 2.45) is 11.8 Å². The van der Waals surface area contributed by atoms with Gasteiger partial charge in [-0.2, -0.15) is 0 Å². The Labute approximate surface area is 142 Å². The molecule has 0 radical (unpaired) electrons. The number of phenols is 1. The zero-order valence-corrected chi connectivity index (χ0v) is 14.3. The van der Waals surface area contributed by atoms with Crippen LogP contribution >= 0.6 is 0 Å². The van der Waals surface area contributed by atoms with Crippen molar-refractivity contribution in [2.75, 3.05) is 20.2 Å². The predicted molar refractivity (Wildman–Crippen MR) is 93.7 cm³/mol. The van der Waals surface area contributed by atoms with Crippen molar-refractivity contribution in [3.05, 3.63) is 41.1 Å². The molecule has 5 atom stereocenters. The molecule has 24 heavy (non-hydrogen) atoms. The lowest BCUT2D eigenvalue weighted by Gasteiger charge is -2.62. The fourth-order valence-corrected chi connectivity index (χ4v) is 6.05. The molecule has 0 spiro atoms. The molecule has 3 fully saturated rings. The molecule has 1 aromatic carbocycles. The SMILES string of the molecule is C/C=C1/C[N+]2(C)C3CC1C(CO)C2Cc1c3[nH]c2ccc(O)cc12. The summed E-state index contributed by atoms with van der Waals surface area (Å²) in [6.07, 6.45) is 4.39. The molecule has 0 aliphatic carbocycles. The van der Waals surface area contributed by atoms with Crippen LogP contribution in [0.3, 0.4) is 0 Å². The summed E-state index contributed by atoms with van der Waals surface area (Å²) >= 11 is 0. The molecule has 4 nitrogen and oxygen atoms in total. The highest BCUT2D eigenvalue weighted by Crippen LogP contribution is 2.57. The number of aromatic amines is 1. The molecule has 4 heteroatoms. The highest BCUT2D eigenvalue weighted by molar-refractivity contribution is 5.86. The first-order valence-electron chi connectivity index (χ1n) is 9.01. The normalized spacial score (nSPS) is 38.7. The van der Waals surface area contributed by atoms with Gasteiger partial charge in [-0.3, -0.25) is 0 Å². The number of benzene rings is 1. The van der Waals surface area contributed by atoms with Crippen molar-refractivity contribution in [3.8, 4) is 5.75 Å². The largest absolute Gasteiger partial charge is 0.508 e. The van der Waals surface area contributed by atoms with Crippen LogP contribution < -0.4 is 0 Å². The second-order valence-corrected chi connectivity index (χ2v) is 8.09. The molecule has 4 bridgehead atoms. The summed E-state index contributed by atoms with van der Waals surface area (Å²) in [5.41, 5.74) is 5.39. The molecule has 4 aliphatic heterocycles. The van der Waals surface area contributed by atoms with Crippen LogP contribution in [0.1, 0.15) is 30.6 Å². The smallest absolute Gasteiger partial charge is 0.131 e. The van der Waals surface area contributed by atoms with Crippen LogP contribution in [0.25, 0.3) is 10.9 Å². The van der Waals surface area contributed by atoms with Gasteiger partial charge in [0.2, 0.25) is 0 Å². The van der Waals surface area contributed by atoms with Crippen molar-refractivity contribution in [1.82, 2.24) is 4.98 Å².